The van der Waals surface area contributed by atoms with Crippen molar-refractivity contribution in [1.82, 2.24) is 20.2 Å². The third kappa shape index (κ3) is 4.27. The van der Waals surface area contributed by atoms with Gasteiger partial charge in [-0.25, -0.2) is 10.1 Å². The number of para-hydroxylation sites is 1. The number of nitrogens with zero attached hydrogens (tertiary/aromatic N) is 4. The molecule has 2 aromatic heterocycles. The number of hydrogen-bond acceptors (Lipinski definition) is 4. The SMILES string of the molecule is Cc1ccc(-c2nn(-c3ccccc3)cc2C=NNC(=O)c2ccncc2)cc1. The number of aryl methyl sites for hydroxylation is 1. The summed E-state index contributed by atoms with van der Waals surface area (Å²) in [6, 6.07) is 21.3. The van der Waals surface area contributed by atoms with Crippen LogP contribution in [0.1, 0.15) is 21.5 Å². The molecule has 6 heteroatoms. The number of amides is 1. The zero-order chi connectivity index (χ0) is 20.1. The number of nitrogens with one attached hydrogen (secondary N) is 1. The van der Waals surface area contributed by atoms with Gasteiger partial charge < -0.3 is 0 Å². The Morgan fingerprint density at radius 3 is 2.45 bits per heavy atom. The topological polar surface area (TPSA) is 72.2 Å². The van der Waals surface area contributed by atoms with Crippen LogP contribution in [0.2, 0.25) is 0 Å². The zero-order valence-electron chi connectivity index (χ0n) is 15.9. The summed E-state index contributed by atoms with van der Waals surface area (Å²) in [6.07, 6.45) is 6.64. The van der Waals surface area contributed by atoms with Crippen LogP contribution in [-0.2, 0) is 0 Å². The van der Waals surface area contributed by atoms with E-state index in [4.69, 9.17) is 5.10 Å². The van der Waals surface area contributed by atoms with Crippen molar-refractivity contribution in [2.45, 2.75) is 6.92 Å². The summed E-state index contributed by atoms with van der Waals surface area (Å²) in [5.41, 5.74) is 7.73. The summed E-state index contributed by atoms with van der Waals surface area (Å²) in [5, 5.41) is 8.87. The highest BCUT2D eigenvalue weighted by molar-refractivity contribution is 5.95. The minimum atomic E-state index is -0.295. The highest BCUT2D eigenvalue weighted by Crippen LogP contribution is 2.23. The average molecular weight is 381 g/mol. The van der Waals surface area contributed by atoms with E-state index < -0.39 is 0 Å². The predicted molar refractivity (Wildman–Crippen MR) is 113 cm³/mol. The molecule has 0 saturated carbocycles. The van der Waals surface area contributed by atoms with E-state index in [0.717, 1.165) is 22.5 Å². The van der Waals surface area contributed by atoms with E-state index >= 15 is 0 Å². The molecule has 0 aliphatic heterocycles. The minimum Gasteiger partial charge on any atom is -0.267 e. The summed E-state index contributed by atoms with van der Waals surface area (Å²) in [4.78, 5) is 16.1. The lowest BCUT2D eigenvalue weighted by Crippen LogP contribution is -2.17. The summed E-state index contributed by atoms with van der Waals surface area (Å²) in [6.45, 7) is 2.04. The Labute approximate surface area is 168 Å². The summed E-state index contributed by atoms with van der Waals surface area (Å²) >= 11 is 0. The summed E-state index contributed by atoms with van der Waals surface area (Å²) < 4.78 is 1.81. The Balaban J connectivity index is 1.64. The van der Waals surface area contributed by atoms with Gasteiger partial charge in [-0.2, -0.15) is 10.2 Å². The fourth-order valence-corrected chi connectivity index (χ4v) is 2.86. The molecule has 29 heavy (non-hydrogen) atoms. The first-order valence-corrected chi connectivity index (χ1v) is 9.16. The van der Waals surface area contributed by atoms with Crippen molar-refractivity contribution in [3.8, 4) is 16.9 Å². The molecule has 0 bridgehead atoms. The number of hydrazone groups is 1. The number of carbonyl (C=O) groups is 1. The maximum absolute atomic E-state index is 12.2. The molecule has 0 aliphatic carbocycles. The molecule has 4 rings (SSSR count). The van der Waals surface area contributed by atoms with Crippen molar-refractivity contribution in [3.63, 3.8) is 0 Å². The lowest BCUT2D eigenvalue weighted by atomic mass is 10.1. The van der Waals surface area contributed by atoms with E-state index in [9.17, 15) is 4.79 Å². The van der Waals surface area contributed by atoms with Crippen LogP contribution >= 0.6 is 0 Å². The van der Waals surface area contributed by atoms with Crippen molar-refractivity contribution in [2.24, 2.45) is 5.10 Å². The fraction of sp³-hybridized carbons (Fsp3) is 0.0435. The van der Waals surface area contributed by atoms with Crippen molar-refractivity contribution < 1.29 is 4.79 Å². The number of hydrogen-bond donors (Lipinski definition) is 1. The minimum absolute atomic E-state index is 0.295. The van der Waals surface area contributed by atoms with Gasteiger partial charge in [-0.3, -0.25) is 9.78 Å². The molecule has 4 aromatic rings. The quantitative estimate of drug-likeness (QED) is 0.419. The smallest absolute Gasteiger partial charge is 0.267 e. The maximum Gasteiger partial charge on any atom is 0.271 e. The van der Waals surface area contributed by atoms with E-state index in [0.29, 0.717) is 5.56 Å². The zero-order valence-corrected chi connectivity index (χ0v) is 15.9. The Kier molecular flexibility index (Phi) is 5.25. The van der Waals surface area contributed by atoms with Crippen LogP contribution in [0.15, 0.2) is 90.4 Å². The van der Waals surface area contributed by atoms with Gasteiger partial charge in [0, 0.05) is 35.3 Å². The Morgan fingerprint density at radius 2 is 1.72 bits per heavy atom. The van der Waals surface area contributed by atoms with E-state index in [1.54, 1.807) is 35.4 Å². The van der Waals surface area contributed by atoms with Gasteiger partial charge in [-0.1, -0.05) is 48.0 Å². The van der Waals surface area contributed by atoms with Crippen LogP contribution in [0, 0.1) is 6.92 Å². The van der Waals surface area contributed by atoms with Crippen molar-refractivity contribution in [3.05, 3.63) is 102 Å². The van der Waals surface area contributed by atoms with E-state index in [1.165, 1.54) is 5.56 Å². The molecule has 0 spiro atoms. The second kappa shape index (κ2) is 8.31. The Morgan fingerprint density at radius 1 is 1.00 bits per heavy atom. The molecule has 0 saturated heterocycles. The van der Waals surface area contributed by atoms with Gasteiger partial charge in [-0.05, 0) is 31.2 Å². The van der Waals surface area contributed by atoms with Gasteiger partial charge in [0.25, 0.3) is 5.91 Å². The lowest BCUT2D eigenvalue weighted by molar-refractivity contribution is 0.0955. The third-order valence-corrected chi connectivity index (χ3v) is 4.40. The van der Waals surface area contributed by atoms with Crippen LogP contribution < -0.4 is 5.43 Å². The van der Waals surface area contributed by atoms with Crippen molar-refractivity contribution in [1.29, 1.82) is 0 Å². The van der Waals surface area contributed by atoms with Crippen LogP contribution in [0.5, 0.6) is 0 Å². The number of benzene rings is 2. The number of aromatic nitrogens is 3. The number of rotatable bonds is 5. The van der Waals surface area contributed by atoms with Gasteiger partial charge in [0.15, 0.2) is 0 Å². The number of pyridine rings is 1. The number of carbonyl (C=O) groups excluding carboxylic acids is 1. The highest BCUT2D eigenvalue weighted by atomic mass is 16.2. The fourth-order valence-electron chi connectivity index (χ4n) is 2.86. The molecule has 142 valence electrons. The van der Waals surface area contributed by atoms with Gasteiger partial charge >= 0.3 is 0 Å². The molecule has 2 aromatic carbocycles. The highest BCUT2D eigenvalue weighted by Gasteiger charge is 2.11. The molecular weight excluding hydrogens is 362 g/mol. The average Bonchev–Trinajstić information content (AvgIpc) is 3.19. The van der Waals surface area contributed by atoms with Crippen molar-refractivity contribution in [2.75, 3.05) is 0 Å². The molecule has 0 radical (unpaired) electrons. The largest absolute Gasteiger partial charge is 0.271 e. The molecule has 1 amide bonds. The van der Waals surface area contributed by atoms with E-state index in [1.807, 2.05) is 67.7 Å². The molecule has 0 aliphatic rings. The maximum atomic E-state index is 12.2. The molecular formula is C23H19N5O. The molecule has 2 heterocycles. The van der Waals surface area contributed by atoms with Crippen LogP contribution in [-0.4, -0.2) is 26.9 Å². The molecule has 0 unspecified atom stereocenters. The monoisotopic (exact) mass is 381 g/mol. The Hall–Kier alpha value is -4.06. The van der Waals surface area contributed by atoms with Gasteiger partial charge in [0.05, 0.1) is 11.9 Å². The van der Waals surface area contributed by atoms with Crippen LogP contribution in [0.3, 0.4) is 0 Å². The van der Waals surface area contributed by atoms with E-state index in [2.05, 4.69) is 15.5 Å². The molecule has 6 nitrogen and oxygen atoms in total. The van der Waals surface area contributed by atoms with Gasteiger partial charge in [-0.15, -0.1) is 0 Å². The normalized spacial score (nSPS) is 10.9. The Bertz CT molecular complexity index is 1130. The second-order valence-corrected chi connectivity index (χ2v) is 6.51. The summed E-state index contributed by atoms with van der Waals surface area (Å²) in [7, 11) is 0. The molecule has 1 N–H and O–H groups in total. The summed E-state index contributed by atoms with van der Waals surface area (Å²) in [5.74, 6) is -0.295. The van der Waals surface area contributed by atoms with Gasteiger partial charge in [0.2, 0.25) is 0 Å². The van der Waals surface area contributed by atoms with Crippen molar-refractivity contribution >= 4 is 12.1 Å². The first kappa shape index (κ1) is 18.3. The standard InChI is InChI=1S/C23H19N5O/c1-17-7-9-18(10-8-17)22-20(16-28(27-22)21-5-3-2-4-6-21)15-25-26-23(29)19-11-13-24-14-12-19/h2-16H,1H3,(H,26,29). The first-order valence-electron chi connectivity index (χ1n) is 9.16. The van der Waals surface area contributed by atoms with Crippen LogP contribution in [0.4, 0.5) is 0 Å². The molecule has 0 atom stereocenters. The molecule has 0 fully saturated rings. The predicted octanol–water partition coefficient (Wildman–Crippen LogP) is 4.01. The van der Waals surface area contributed by atoms with E-state index in [-0.39, 0.29) is 5.91 Å². The second-order valence-electron chi connectivity index (χ2n) is 6.51. The van der Waals surface area contributed by atoms with Crippen LogP contribution in [0.25, 0.3) is 16.9 Å². The lowest BCUT2D eigenvalue weighted by Gasteiger charge is -2.01. The third-order valence-electron chi connectivity index (χ3n) is 4.40. The van der Waals surface area contributed by atoms with Gasteiger partial charge in [0.1, 0.15) is 5.69 Å². The first-order chi connectivity index (χ1) is 14.2.